The quantitative estimate of drug-likeness (QED) is 0.857. The molecule has 2 N–H and O–H groups in total. The maximum atomic E-state index is 11.8. The molecular formula is C11H12N2O2S. The lowest BCUT2D eigenvalue weighted by molar-refractivity contribution is 0.600. The van der Waals surface area contributed by atoms with Crippen molar-refractivity contribution in [2.24, 2.45) is 0 Å². The van der Waals surface area contributed by atoms with Gasteiger partial charge in [-0.05, 0) is 31.0 Å². The van der Waals surface area contributed by atoms with Crippen molar-refractivity contribution in [1.82, 2.24) is 4.98 Å². The Bertz CT molecular complexity index is 626. The van der Waals surface area contributed by atoms with Crippen LogP contribution in [0.5, 0.6) is 0 Å². The van der Waals surface area contributed by atoms with Crippen molar-refractivity contribution in [1.29, 1.82) is 0 Å². The molecule has 1 aromatic carbocycles. The molecule has 1 aliphatic rings. The van der Waals surface area contributed by atoms with Crippen LogP contribution in [0, 0.1) is 0 Å². The fraction of sp³-hybridized carbons (Fsp3) is 0.273. The van der Waals surface area contributed by atoms with Crippen LogP contribution < -0.4 is 4.72 Å². The highest BCUT2D eigenvalue weighted by Crippen LogP contribution is 2.31. The molecule has 0 bridgehead atoms. The number of fused-ring (bicyclic) bond motifs is 1. The molecule has 5 heteroatoms. The van der Waals surface area contributed by atoms with Crippen LogP contribution in [0.1, 0.15) is 12.8 Å². The molecule has 1 aromatic heterocycles. The van der Waals surface area contributed by atoms with Gasteiger partial charge in [0.2, 0.25) is 10.0 Å². The van der Waals surface area contributed by atoms with Gasteiger partial charge in [-0.15, -0.1) is 0 Å². The number of nitrogens with one attached hydrogen (secondary N) is 2. The maximum Gasteiger partial charge on any atom is 0.235 e. The van der Waals surface area contributed by atoms with Crippen LogP contribution in [-0.4, -0.2) is 18.7 Å². The minimum atomic E-state index is -3.17. The molecule has 0 aliphatic heterocycles. The summed E-state index contributed by atoms with van der Waals surface area (Å²) in [6.07, 6.45) is 3.36. The van der Waals surface area contributed by atoms with E-state index < -0.39 is 10.0 Å². The average Bonchev–Trinajstić information content (AvgIpc) is 2.98. The summed E-state index contributed by atoms with van der Waals surface area (Å²) < 4.78 is 26.3. The fourth-order valence-corrected chi connectivity index (χ4v) is 3.20. The Morgan fingerprint density at radius 2 is 2.06 bits per heavy atom. The van der Waals surface area contributed by atoms with Crippen LogP contribution in [-0.2, 0) is 10.0 Å². The number of H-pyrrole nitrogens is 1. The van der Waals surface area contributed by atoms with Crippen molar-refractivity contribution < 1.29 is 8.42 Å². The van der Waals surface area contributed by atoms with Gasteiger partial charge in [0.1, 0.15) is 0 Å². The Labute approximate surface area is 93.7 Å². The largest absolute Gasteiger partial charge is 0.361 e. The number of anilines is 1. The van der Waals surface area contributed by atoms with Gasteiger partial charge in [-0.3, -0.25) is 4.72 Å². The van der Waals surface area contributed by atoms with E-state index in [-0.39, 0.29) is 5.25 Å². The van der Waals surface area contributed by atoms with Gasteiger partial charge in [0.05, 0.1) is 10.9 Å². The van der Waals surface area contributed by atoms with E-state index in [4.69, 9.17) is 0 Å². The maximum absolute atomic E-state index is 11.8. The average molecular weight is 236 g/mol. The molecular weight excluding hydrogens is 224 g/mol. The van der Waals surface area contributed by atoms with Gasteiger partial charge in [-0.2, -0.15) is 0 Å². The minimum absolute atomic E-state index is 0.193. The van der Waals surface area contributed by atoms with Crippen LogP contribution in [0.3, 0.4) is 0 Å². The van der Waals surface area contributed by atoms with E-state index in [1.807, 2.05) is 18.2 Å². The van der Waals surface area contributed by atoms with Crippen molar-refractivity contribution in [2.45, 2.75) is 18.1 Å². The Hall–Kier alpha value is -1.49. The van der Waals surface area contributed by atoms with E-state index in [1.54, 1.807) is 12.3 Å². The van der Waals surface area contributed by atoms with Gasteiger partial charge in [0.25, 0.3) is 0 Å². The van der Waals surface area contributed by atoms with Crippen molar-refractivity contribution in [3.63, 3.8) is 0 Å². The predicted molar refractivity (Wildman–Crippen MR) is 63.9 cm³/mol. The van der Waals surface area contributed by atoms with E-state index in [1.165, 1.54) is 0 Å². The zero-order valence-electron chi connectivity index (χ0n) is 8.60. The molecule has 0 unspecified atom stereocenters. The number of hydrogen-bond acceptors (Lipinski definition) is 2. The molecule has 2 aromatic rings. The molecule has 0 spiro atoms. The summed E-state index contributed by atoms with van der Waals surface area (Å²) in [6.45, 7) is 0. The summed E-state index contributed by atoms with van der Waals surface area (Å²) in [4.78, 5) is 3.06. The number of aromatic amines is 1. The van der Waals surface area contributed by atoms with Gasteiger partial charge >= 0.3 is 0 Å². The molecule has 4 nitrogen and oxygen atoms in total. The van der Waals surface area contributed by atoms with Gasteiger partial charge in [0.15, 0.2) is 0 Å². The first-order valence-corrected chi connectivity index (χ1v) is 6.79. The molecule has 0 radical (unpaired) electrons. The number of aromatic nitrogens is 1. The summed E-state index contributed by atoms with van der Waals surface area (Å²) in [6, 6.07) is 7.42. The second kappa shape index (κ2) is 3.25. The highest BCUT2D eigenvalue weighted by atomic mass is 32.2. The van der Waals surface area contributed by atoms with E-state index in [0.717, 1.165) is 23.7 Å². The molecule has 3 rings (SSSR count). The summed E-state index contributed by atoms with van der Waals surface area (Å²) >= 11 is 0. The second-order valence-electron chi connectivity index (χ2n) is 4.09. The van der Waals surface area contributed by atoms with E-state index >= 15 is 0 Å². The number of sulfonamides is 1. The first-order valence-electron chi connectivity index (χ1n) is 5.24. The smallest absolute Gasteiger partial charge is 0.235 e. The summed E-state index contributed by atoms with van der Waals surface area (Å²) in [7, 11) is -3.17. The Morgan fingerprint density at radius 3 is 2.81 bits per heavy atom. The molecule has 84 valence electrons. The molecule has 16 heavy (non-hydrogen) atoms. The van der Waals surface area contributed by atoms with Crippen LogP contribution in [0.25, 0.3) is 10.9 Å². The predicted octanol–water partition coefficient (Wildman–Crippen LogP) is 2.07. The van der Waals surface area contributed by atoms with Gasteiger partial charge < -0.3 is 4.98 Å². The summed E-state index contributed by atoms with van der Waals surface area (Å²) in [5.41, 5.74) is 1.60. The van der Waals surface area contributed by atoms with Crippen LogP contribution in [0.15, 0.2) is 30.5 Å². The summed E-state index contributed by atoms with van der Waals surface area (Å²) in [5, 5.41) is 0.716. The van der Waals surface area contributed by atoms with E-state index in [9.17, 15) is 8.42 Å². The van der Waals surface area contributed by atoms with Crippen molar-refractivity contribution in [2.75, 3.05) is 4.72 Å². The van der Waals surface area contributed by atoms with E-state index in [0.29, 0.717) is 5.69 Å². The molecule has 1 fully saturated rings. The van der Waals surface area contributed by atoms with Crippen molar-refractivity contribution >= 4 is 26.6 Å². The third-order valence-corrected chi connectivity index (χ3v) is 4.66. The summed E-state index contributed by atoms with van der Waals surface area (Å²) in [5.74, 6) is 0. The third kappa shape index (κ3) is 1.57. The standard InChI is InChI=1S/C11H12N2O2S/c14-16(15,8-4-5-8)13-11-3-1-2-10-9(11)6-7-12-10/h1-3,6-8,12-13H,4-5H2. The normalized spacial score (nSPS) is 16.5. The van der Waals surface area contributed by atoms with Crippen molar-refractivity contribution in [3.05, 3.63) is 30.5 Å². The topological polar surface area (TPSA) is 62.0 Å². The highest BCUT2D eigenvalue weighted by molar-refractivity contribution is 7.93. The Balaban J connectivity index is 2.03. The molecule has 0 amide bonds. The fourth-order valence-electron chi connectivity index (χ4n) is 1.79. The molecule has 1 heterocycles. The first-order chi connectivity index (χ1) is 7.67. The molecule has 1 aliphatic carbocycles. The first kappa shape index (κ1) is 9.72. The molecule has 0 atom stereocenters. The van der Waals surface area contributed by atoms with Gasteiger partial charge in [0, 0.05) is 17.1 Å². The monoisotopic (exact) mass is 236 g/mol. The number of rotatable bonds is 3. The van der Waals surface area contributed by atoms with Gasteiger partial charge in [-0.1, -0.05) is 6.07 Å². The Kier molecular flexibility index (Phi) is 1.97. The SMILES string of the molecule is O=S(=O)(Nc1cccc2[nH]ccc12)C1CC1. The third-order valence-electron chi connectivity index (χ3n) is 2.81. The lowest BCUT2D eigenvalue weighted by Gasteiger charge is -2.07. The minimum Gasteiger partial charge on any atom is -0.361 e. The van der Waals surface area contributed by atoms with Crippen LogP contribution in [0.4, 0.5) is 5.69 Å². The number of hydrogen-bond donors (Lipinski definition) is 2. The molecule has 0 saturated heterocycles. The van der Waals surface area contributed by atoms with Crippen LogP contribution in [0.2, 0.25) is 0 Å². The van der Waals surface area contributed by atoms with Crippen LogP contribution >= 0.6 is 0 Å². The van der Waals surface area contributed by atoms with Crippen molar-refractivity contribution in [3.8, 4) is 0 Å². The molecule has 1 saturated carbocycles. The number of benzene rings is 1. The second-order valence-corrected chi connectivity index (χ2v) is 6.05. The Morgan fingerprint density at radius 1 is 1.25 bits per heavy atom. The zero-order valence-corrected chi connectivity index (χ0v) is 9.42. The van der Waals surface area contributed by atoms with E-state index in [2.05, 4.69) is 9.71 Å². The zero-order chi connectivity index (χ0) is 11.2. The highest BCUT2D eigenvalue weighted by Gasteiger charge is 2.35. The lowest BCUT2D eigenvalue weighted by atomic mass is 10.2. The van der Waals surface area contributed by atoms with Gasteiger partial charge in [-0.25, -0.2) is 8.42 Å². The lowest BCUT2D eigenvalue weighted by Crippen LogP contribution is -2.17.